The van der Waals surface area contributed by atoms with E-state index in [4.69, 9.17) is 16.6 Å². The highest BCUT2D eigenvalue weighted by molar-refractivity contribution is 8.19. The Morgan fingerprint density at radius 3 is 2.29 bits per heavy atom. The zero-order valence-electron chi connectivity index (χ0n) is 17.5. The second-order valence-electron chi connectivity index (χ2n) is 7.13. The van der Waals surface area contributed by atoms with E-state index in [1.54, 1.807) is 4.90 Å². The van der Waals surface area contributed by atoms with Gasteiger partial charge in [0, 0.05) is 5.02 Å². The van der Waals surface area contributed by atoms with Crippen LogP contribution in [0.4, 0.5) is 11.4 Å². The highest BCUT2D eigenvalue weighted by atomic mass is 35.5. The molecule has 0 aromatic heterocycles. The second kappa shape index (κ2) is 9.54. The summed E-state index contributed by atoms with van der Waals surface area (Å²) in [5.74, 6) is -0.0847. The van der Waals surface area contributed by atoms with Crippen molar-refractivity contribution in [2.75, 3.05) is 4.90 Å². The Labute approximate surface area is 192 Å². The molecule has 156 valence electrons. The van der Waals surface area contributed by atoms with Crippen LogP contribution in [0.5, 0.6) is 0 Å². The van der Waals surface area contributed by atoms with Gasteiger partial charge in [-0.15, -0.1) is 0 Å². The van der Waals surface area contributed by atoms with E-state index in [-0.39, 0.29) is 5.91 Å². The molecule has 0 aliphatic carbocycles. The van der Waals surface area contributed by atoms with Gasteiger partial charge in [-0.1, -0.05) is 80.0 Å². The van der Waals surface area contributed by atoms with Crippen molar-refractivity contribution in [1.82, 2.24) is 0 Å². The number of rotatable bonds is 5. The first kappa shape index (κ1) is 21.4. The molecule has 1 saturated heterocycles. The molecule has 1 fully saturated rings. The number of anilines is 1. The summed E-state index contributed by atoms with van der Waals surface area (Å²) in [4.78, 5) is 20.8. The Bertz CT molecular complexity index is 1190. The third kappa shape index (κ3) is 4.46. The Morgan fingerprint density at radius 1 is 0.903 bits per heavy atom. The number of nitrogens with zero attached hydrogens (tertiary/aromatic N) is 2. The number of hydrogen-bond donors (Lipinski definition) is 0. The number of aliphatic imine (C=N–C) groups is 1. The summed E-state index contributed by atoms with van der Waals surface area (Å²) in [6.45, 7) is 4.20. The zero-order chi connectivity index (χ0) is 21.8. The van der Waals surface area contributed by atoms with E-state index in [0.29, 0.717) is 15.1 Å². The molecule has 0 spiro atoms. The summed E-state index contributed by atoms with van der Waals surface area (Å²) in [5, 5.41) is 1.27. The average Bonchev–Trinajstić information content (AvgIpc) is 3.10. The number of para-hydroxylation sites is 2. The van der Waals surface area contributed by atoms with Gasteiger partial charge in [0.05, 0.1) is 16.3 Å². The summed E-state index contributed by atoms with van der Waals surface area (Å²) < 4.78 is 0. The Kier molecular flexibility index (Phi) is 6.59. The van der Waals surface area contributed by atoms with Crippen molar-refractivity contribution in [3.8, 4) is 0 Å². The number of aryl methyl sites for hydroxylation is 2. The van der Waals surface area contributed by atoms with Crippen LogP contribution in [0.25, 0.3) is 6.08 Å². The minimum atomic E-state index is -0.0847. The molecule has 0 unspecified atom stereocenters. The van der Waals surface area contributed by atoms with Crippen LogP contribution in [-0.2, 0) is 17.6 Å². The van der Waals surface area contributed by atoms with Gasteiger partial charge in [-0.2, -0.15) is 0 Å². The fourth-order valence-corrected chi connectivity index (χ4v) is 4.71. The Morgan fingerprint density at radius 2 is 1.55 bits per heavy atom. The molecule has 0 atom stereocenters. The fraction of sp³-hybridized carbons (Fsp3) is 0.154. The Hall–Kier alpha value is -2.82. The van der Waals surface area contributed by atoms with Crippen LogP contribution in [0.3, 0.4) is 0 Å². The first-order valence-corrected chi connectivity index (χ1v) is 11.5. The predicted octanol–water partition coefficient (Wildman–Crippen LogP) is 7.27. The van der Waals surface area contributed by atoms with Crippen LogP contribution in [0, 0.1) is 0 Å². The summed E-state index contributed by atoms with van der Waals surface area (Å²) in [5.41, 5.74) is 4.83. The Balaban J connectivity index is 1.85. The standard InChI is InChI=1S/C26H23ClN2OS/c1-3-18-11-6-9-15-22(18)28-26-29(23-16-10-7-12-19(23)4-2)25(30)24(31-26)17-20-13-5-8-14-21(20)27/h5-17H,3-4H2,1-2H3/b24-17-,28-26?. The maximum absolute atomic E-state index is 13.6. The molecule has 3 aromatic rings. The summed E-state index contributed by atoms with van der Waals surface area (Å²) in [6, 6.07) is 23.6. The first-order valence-electron chi connectivity index (χ1n) is 10.4. The van der Waals surface area contributed by atoms with Crippen molar-refractivity contribution in [2.45, 2.75) is 26.7 Å². The van der Waals surface area contributed by atoms with Crippen molar-refractivity contribution in [3.05, 3.63) is 99.4 Å². The number of halogens is 1. The van der Waals surface area contributed by atoms with Gasteiger partial charge >= 0.3 is 0 Å². The molecule has 5 heteroatoms. The van der Waals surface area contributed by atoms with Crippen LogP contribution in [0.15, 0.2) is 82.7 Å². The number of benzene rings is 3. The number of hydrogen-bond acceptors (Lipinski definition) is 3. The van der Waals surface area contributed by atoms with Crippen LogP contribution in [-0.4, -0.2) is 11.1 Å². The van der Waals surface area contributed by atoms with Crippen molar-refractivity contribution >= 4 is 51.9 Å². The predicted molar refractivity (Wildman–Crippen MR) is 133 cm³/mol. The highest BCUT2D eigenvalue weighted by Crippen LogP contribution is 2.39. The number of carbonyl (C=O) groups is 1. The fourth-order valence-electron chi connectivity index (χ4n) is 3.54. The quantitative estimate of drug-likeness (QED) is 0.386. The maximum Gasteiger partial charge on any atom is 0.271 e. The number of thioether (sulfide) groups is 1. The van der Waals surface area contributed by atoms with E-state index < -0.39 is 0 Å². The molecular formula is C26H23ClN2OS. The second-order valence-corrected chi connectivity index (χ2v) is 8.55. The van der Waals surface area contributed by atoms with Crippen molar-refractivity contribution in [2.24, 2.45) is 4.99 Å². The smallest absolute Gasteiger partial charge is 0.268 e. The molecule has 1 aliphatic heterocycles. The third-order valence-corrected chi connectivity index (χ3v) is 6.51. The minimum Gasteiger partial charge on any atom is -0.268 e. The van der Waals surface area contributed by atoms with Crippen LogP contribution in [0.2, 0.25) is 5.02 Å². The lowest BCUT2D eigenvalue weighted by atomic mass is 10.1. The summed E-state index contributed by atoms with van der Waals surface area (Å²) >= 11 is 7.74. The maximum atomic E-state index is 13.6. The monoisotopic (exact) mass is 446 g/mol. The topological polar surface area (TPSA) is 32.7 Å². The van der Waals surface area contributed by atoms with Gasteiger partial charge in [0.15, 0.2) is 5.17 Å². The van der Waals surface area contributed by atoms with Crippen molar-refractivity contribution in [3.63, 3.8) is 0 Å². The van der Waals surface area contributed by atoms with Crippen molar-refractivity contribution in [1.29, 1.82) is 0 Å². The average molecular weight is 447 g/mol. The molecule has 1 aliphatic rings. The highest BCUT2D eigenvalue weighted by Gasteiger charge is 2.35. The minimum absolute atomic E-state index is 0.0847. The van der Waals surface area contributed by atoms with E-state index in [9.17, 15) is 4.79 Å². The molecule has 4 rings (SSSR count). The first-order chi connectivity index (χ1) is 15.1. The lowest BCUT2D eigenvalue weighted by Crippen LogP contribution is -2.29. The lowest BCUT2D eigenvalue weighted by Gasteiger charge is -2.19. The number of amidine groups is 1. The molecule has 3 nitrogen and oxygen atoms in total. The lowest BCUT2D eigenvalue weighted by molar-refractivity contribution is -0.113. The molecule has 1 amide bonds. The van der Waals surface area contributed by atoms with E-state index >= 15 is 0 Å². The van der Waals surface area contributed by atoms with Crippen molar-refractivity contribution < 1.29 is 4.79 Å². The number of carbonyl (C=O) groups excluding carboxylic acids is 1. The zero-order valence-corrected chi connectivity index (χ0v) is 19.1. The van der Waals surface area contributed by atoms with Gasteiger partial charge in [0.25, 0.3) is 5.91 Å². The molecule has 0 saturated carbocycles. The van der Waals surface area contributed by atoms with Crippen LogP contribution in [0.1, 0.15) is 30.5 Å². The largest absolute Gasteiger partial charge is 0.271 e. The van der Waals surface area contributed by atoms with Gasteiger partial charge in [-0.3, -0.25) is 9.69 Å². The van der Waals surface area contributed by atoms with Gasteiger partial charge < -0.3 is 0 Å². The molecule has 0 N–H and O–H groups in total. The van der Waals surface area contributed by atoms with E-state index in [0.717, 1.165) is 40.9 Å². The van der Waals surface area contributed by atoms with Gasteiger partial charge in [0.2, 0.25) is 0 Å². The molecule has 0 radical (unpaired) electrons. The normalized spacial score (nSPS) is 16.5. The van der Waals surface area contributed by atoms with E-state index in [1.165, 1.54) is 11.8 Å². The SMILES string of the molecule is CCc1ccccc1N=C1S/C(=C\c2ccccc2Cl)C(=O)N1c1ccccc1CC. The van der Waals surface area contributed by atoms with Crippen LogP contribution < -0.4 is 4.90 Å². The number of amides is 1. The third-order valence-electron chi connectivity index (χ3n) is 5.20. The molecule has 3 aromatic carbocycles. The summed E-state index contributed by atoms with van der Waals surface area (Å²) in [7, 11) is 0. The molecule has 0 bridgehead atoms. The van der Waals surface area contributed by atoms with Gasteiger partial charge in [-0.25, -0.2) is 4.99 Å². The summed E-state index contributed by atoms with van der Waals surface area (Å²) in [6.07, 6.45) is 3.55. The molecule has 31 heavy (non-hydrogen) atoms. The molecule has 1 heterocycles. The molecular weight excluding hydrogens is 424 g/mol. The van der Waals surface area contributed by atoms with E-state index in [1.807, 2.05) is 66.7 Å². The van der Waals surface area contributed by atoms with E-state index in [2.05, 4.69) is 26.0 Å². The van der Waals surface area contributed by atoms with Gasteiger partial charge in [-0.05, 0) is 65.6 Å². The van der Waals surface area contributed by atoms with Crippen LogP contribution >= 0.6 is 23.4 Å². The van der Waals surface area contributed by atoms with Gasteiger partial charge in [0.1, 0.15) is 0 Å².